The molecule has 0 aromatic heterocycles. The van der Waals surface area contributed by atoms with E-state index in [4.69, 9.17) is 17.3 Å². The molecule has 1 amide bonds. The quantitative estimate of drug-likeness (QED) is 0.369. The molecule has 3 aliphatic rings. The summed E-state index contributed by atoms with van der Waals surface area (Å²) in [6.45, 7) is 8.14. The predicted octanol–water partition coefficient (Wildman–Crippen LogP) is 2.32. The van der Waals surface area contributed by atoms with Gasteiger partial charge in [0.2, 0.25) is 5.91 Å². The van der Waals surface area contributed by atoms with Gasteiger partial charge in [-0.2, -0.15) is 0 Å². The van der Waals surface area contributed by atoms with Crippen molar-refractivity contribution >= 4 is 40.6 Å². The molecule has 10 nitrogen and oxygen atoms in total. The van der Waals surface area contributed by atoms with Crippen molar-refractivity contribution in [1.82, 2.24) is 9.80 Å². The standard InChI is InChI=1S/C34H40ClN3O7/c1-6-38(16-33(2,3)19-10-8-7-9-11-19)15-18-14-22(39)24-20(26(18)35)12-17-13-21-27(37(4)5)29(41)25(32(36)44)31(43)34(21,45)30(42)23(17)28(24)40/h7-11,14,17,21,23,25,27,39,45H,6,12-13,15-16H2,1-5H3,(H2,36,44)/t17-,21-,23?,25?,27-,34-/m0/s1. The van der Waals surface area contributed by atoms with Gasteiger partial charge in [-0.25, -0.2) is 0 Å². The average Bonchev–Trinajstić information content (AvgIpc) is 2.97. The van der Waals surface area contributed by atoms with Crippen LogP contribution in [0.3, 0.4) is 0 Å². The molecule has 6 atom stereocenters. The molecule has 2 aromatic rings. The van der Waals surface area contributed by atoms with E-state index >= 15 is 0 Å². The molecule has 0 saturated heterocycles. The first-order valence-corrected chi connectivity index (χ1v) is 15.6. The Morgan fingerprint density at radius 3 is 2.33 bits per heavy atom. The Morgan fingerprint density at radius 2 is 1.76 bits per heavy atom. The molecule has 2 aromatic carbocycles. The Morgan fingerprint density at radius 1 is 1.11 bits per heavy atom. The van der Waals surface area contributed by atoms with Crippen LogP contribution in [0, 0.1) is 23.7 Å². The van der Waals surface area contributed by atoms with Crippen LogP contribution in [0.15, 0.2) is 36.4 Å². The second-order valence-electron chi connectivity index (χ2n) is 13.6. The van der Waals surface area contributed by atoms with E-state index in [0.29, 0.717) is 35.8 Å². The summed E-state index contributed by atoms with van der Waals surface area (Å²) in [6.07, 6.45) is 0.0886. The minimum absolute atomic E-state index is 0.0302. The Bertz CT molecular complexity index is 1590. The summed E-state index contributed by atoms with van der Waals surface area (Å²) in [7, 11) is 3.10. The number of fused-ring (bicyclic) bond motifs is 3. The average molecular weight is 638 g/mol. The number of hydrogen-bond donors (Lipinski definition) is 3. The van der Waals surface area contributed by atoms with E-state index in [0.717, 1.165) is 0 Å². The molecule has 0 heterocycles. The lowest BCUT2D eigenvalue weighted by Crippen LogP contribution is -2.74. The number of carbonyl (C=O) groups excluding carboxylic acids is 5. The number of rotatable bonds is 8. The lowest BCUT2D eigenvalue weighted by molar-refractivity contribution is -0.181. The first-order chi connectivity index (χ1) is 21.1. The molecule has 5 rings (SSSR count). The zero-order valence-corrected chi connectivity index (χ0v) is 26.9. The summed E-state index contributed by atoms with van der Waals surface area (Å²) in [5.74, 6) is -10.8. The van der Waals surface area contributed by atoms with Gasteiger partial charge >= 0.3 is 0 Å². The van der Waals surface area contributed by atoms with Crippen LogP contribution in [0.25, 0.3) is 0 Å². The number of halogens is 1. The van der Waals surface area contributed by atoms with E-state index in [2.05, 4.69) is 30.9 Å². The fourth-order valence-corrected chi connectivity index (χ4v) is 8.17. The van der Waals surface area contributed by atoms with Crippen molar-refractivity contribution in [2.24, 2.45) is 29.4 Å². The molecule has 11 heteroatoms. The Labute approximate surface area is 267 Å². The molecular formula is C34H40ClN3O7. The van der Waals surface area contributed by atoms with Crippen molar-refractivity contribution in [2.45, 2.75) is 57.2 Å². The van der Waals surface area contributed by atoms with Gasteiger partial charge in [-0.05, 0) is 62.2 Å². The van der Waals surface area contributed by atoms with Gasteiger partial charge in [-0.3, -0.25) is 33.8 Å². The number of amides is 1. The molecule has 3 aliphatic carbocycles. The van der Waals surface area contributed by atoms with E-state index in [9.17, 15) is 34.2 Å². The maximum absolute atomic E-state index is 14.0. The van der Waals surface area contributed by atoms with Crippen LogP contribution in [0.2, 0.25) is 5.02 Å². The number of aliphatic hydroxyl groups is 1. The molecule has 0 aliphatic heterocycles. The third kappa shape index (κ3) is 5.21. The predicted molar refractivity (Wildman–Crippen MR) is 167 cm³/mol. The number of aromatic hydroxyl groups is 1. The molecule has 0 spiro atoms. The molecule has 0 bridgehead atoms. The zero-order valence-electron chi connectivity index (χ0n) is 26.2. The van der Waals surface area contributed by atoms with Crippen molar-refractivity contribution in [2.75, 3.05) is 27.2 Å². The highest BCUT2D eigenvalue weighted by Crippen LogP contribution is 2.52. The van der Waals surface area contributed by atoms with Gasteiger partial charge < -0.3 is 15.9 Å². The summed E-state index contributed by atoms with van der Waals surface area (Å²) in [5, 5.41) is 23.2. The minimum atomic E-state index is -2.76. The molecular weight excluding hydrogens is 598 g/mol. The Balaban J connectivity index is 1.50. The smallest absolute Gasteiger partial charge is 0.235 e. The van der Waals surface area contributed by atoms with Crippen molar-refractivity contribution in [3.05, 3.63) is 63.7 Å². The topological polar surface area (TPSA) is 158 Å². The number of phenols is 1. The van der Waals surface area contributed by atoms with Crippen molar-refractivity contribution in [3.8, 4) is 5.75 Å². The zero-order chi connectivity index (χ0) is 33.2. The van der Waals surface area contributed by atoms with Crippen LogP contribution in [0.5, 0.6) is 5.75 Å². The maximum Gasteiger partial charge on any atom is 0.235 e. The Hall–Kier alpha value is -3.44. The molecule has 0 radical (unpaired) electrons. The summed E-state index contributed by atoms with van der Waals surface area (Å²) in [6, 6.07) is 10.4. The number of ketones is 4. The summed E-state index contributed by atoms with van der Waals surface area (Å²) < 4.78 is 0. The number of primary amides is 1. The second kappa shape index (κ2) is 11.7. The first kappa shape index (κ1) is 32.9. The molecule has 2 fully saturated rings. The lowest BCUT2D eigenvalue weighted by Gasteiger charge is -2.52. The van der Waals surface area contributed by atoms with Crippen molar-refractivity contribution in [1.29, 1.82) is 0 Å². The van der Waals surface area contributed by atoms with E-state index in [1.807, 2.05) is 25.1 Å². The highest BCUT2D eigenvalue weighted by Gasteiger charge is 2.69. The van der Waals surface area contributed by atoms with Crippen molar-refractivity contribution in [3.63, 3.8) is 0 Å². The molecule has 4 N–H and O–H groups in total. The van der Waals surface area contributed by atoms with Crippen LogP contribution < -0.4 is 5.73 Å². The summed E-state index contributed by atoms with van der Waals surface area (Å²) >= 11 is 6.97. The number of nitrogens with zero attached hydrogens (tertiary/aromatic N) is 2. The molecule has 2 saturated carbocycles. The molecule has 45 heavy (non-hydrogen) atoms. The minimum Gasteiger partial charge on any atom is -0.507 e. The van der Waals surface area contributed by atoms with E-state index in [-0.39, 0.29) is 29.6 Å². The van der Waals surface area contributed by atoms with E-state index in [1.165, 1.54) is 16.5 Å². The normalized spacial score (nSPS) is 28.2. The number of carbonyl (C=O) groups is 5. The van der Waals surface area contributed by atoms with Gasteiger partial charge in [0.05, 0.1) is 17.5 Å². The lowest BCUT2D eigenvalue weighted by atomic mass is 9.52. The van der Waals surface area contributed by atoms with Crippen LogP contribution in [0.4, 0.5) is 0 Å². The van der Waals surface area contributed by atoms with Crippen LogP contribution >= 0.6 is 11.6 Å². The highest BCUT2D eigenvalue weighted by molar-refractivity contribution is 6.34. The van der Waals surface area contributed by atoms with Gasteiger partial charge in [-0.15, -0.1) is 0 Å². The van der Waals surface area contributed by atoms with Gasteiger partial charge in [-0.1, -0.05) is 62.7 Å². The fourth-order valence-electron chi connectivity index (χ4n) is 7.88. The van der Waals surface area contributed by atoms with E-state index < -0.39 is 64.4 Å². The molecule has 240 valence electrons. The third-order valence-corrected chi connectivity index (χ3v) is 10.6. The van der Waals surface area contributed by atoms with Gasteiger partial charge in [0.25, 0.3) is 0 Å². The van der Waals surface area contributed by atoms with Crippen LogP contribution in [0.1, 0.15) is 54.2 Å². The summed E-state index contributed by atoms with van der Waals surface area (Å²) in [4.78, 5) is 70.5. The monoisotopic (exact) mass is 637 g/mol. The number of hydrogen-bond acceptors (Lipinski definition) is 9. The maximum atomic E-state index is 14.0. The number of benzene rings is 2. The number of nitrogens with two attached hydrogens (primary N) is 1. The van der Waals surface area contributed by atoms with Crippen molar-refractivity contribution < 1.29 is 34.2 Å². The third-order valence-electron chi connectivity index (χ3n) is 10.1. The van der Waals surface area contributed by atoms with E-state index in [1.54, 1.807) is 14.1 Å². The SMILES string of the molecule is CCN(Cc1cc(O)c2c(c1Cl)C[C@H]1C[C@H]3[C@H](N(C)C)C(=O)C(C(N)=O)C(=O)[C@@]3(O)C(=O)C1C2=O)CC(C)(C)c1ccccc1. The first-order valence-electron chi connectivity index (χ1n) is 15.2. The molecule has 2 unspecified atom stereocenters. The van der Waals surface area contributed by atoms with Crippen LogP contribution in [-0.2, 0) is 37.6 Å². The van der Waals surface area contributed by atoms with Gasteiger partial charge in [0, 0.05) is 29.4 Å². The largest absolute Gasteiger partial charge is 0.507 e. The number of likely N-dealkylation sites (N-methyl/N-ethyl adjacent to an activating group) is 2. The Kier molecular flexibility index (Phi) is 8.59. The summed E-state index contributed by atoms with van der Waals surface area (Å²) in [5.41, 5.74) is 4.53. The highest BCUT2D eigenvalue weighted by atomic mass is 35.5. The van der Waals surface area contributed by atoms with Crippen LogP contribution in [-0.4, -0.2) is 87.9 Å². The number of phenolic OH excluding ortho intramolecular Hbond substituents is 1. The second-order valence-corrected chi connectivity index (χ2v) is 13.9. The fraction of sp³-hybridized carbons (Fsp3) is 0.500. The number of Topliss-reactive ketones (excluding diaryl/α,β-unsaturated/α-hetero) is 4. The van der Waals surface area contributed by atoms with Gasteiger partial charge in [0.15, 0.2) is 34.7 Å². The van der Waals surface area contributed by atoms with Gasteiger partial charge in [0.1, 0.15) is 5.75 Å².